The zero-order chi connectivity index (χ0) is 9.35. The molecule has 1 saturated heterocycles. The van der Waals surface area contributed by atoms with Crippen molar-refractivity contribution in [1.82, 2.24) is 4.90 Å². The van der Waals surface area contributed by atoms with Gasteiger partial charge in [-0.1, -0.05) is 6.92 Å². The van der Waals surface area contributed by atoms with Gasteiger partial charge in [0, 0.05) is 24.2 Å². The van der Waals surface area contributed by atoms with Crippen LogP contribution in [0.3, 0.4) is 0 Å². The van der Waals surface area contributed by atoms with E-state index >= 15 is 0 Å². The fraction of sp³-hybridized carbons (Fsp3) is 1.00. The molecule has 0 saturated carbocycles. The molecule has 2 nitrogen and oxygen atoms in total. The van der Waals surface area contributed by atoms with Gasteiger partial charge >= 0.3 is 0 Å². The van der Waals surface area contributed by atoms with Gasteiger partial charge in [-0.2, -0.15) is 0 Å². The van der Waals surface area contributed by atoms with Gasteiger partial charge in [-0.05, 0) is 33.6 Å². The average molecular weight is 170 g/mol. The summed E-state index contributed by atoms with van der Waals surface area (Å²) in [4.78, 5) is 2.54. The van der Waals surface area contributed by atoms with Crippen LogP contribution in [0.5, 0.6) is 0 Å². The molecule has 72 valence electrons. The van der Waals surface area contributed by atoms with Crippen LogP contribution in [0.15, 0.2) is 0 Å². The highest BCUT2D eigenvalue weighted by Gasteiger charge is 2.38. The molecule has 0 radical (unpaired) electrons. The topological polar surface area (TPSA) is 29.3 Å². The summed E-state index contributed by atoms with van der Waals surface area (Å²) in [6, 6.07) is 1.06. The zero-order valence-corrected chi connectivity index (χ0v) is 8.80. The van der Waals surface area contributed by atoms with Crippen LogP contribution in [0.25, 0.3) is 0 Å². The Kier molecular flexibility index (Phi) is 2.79. The van der Waals surface area contributed by atoms with Crippen LogP contribution in [0.1, 0.15) is 40.5 Å². The predicted octanol–water partition coefficient (Wildman–Crippen LogP) is 1.60. The van der Waals surface area contributed by atoms with Crippen molar-refractivity contribution in [2.45, 2.75) is 58.2 Å². The molecule has 0 aromatic rings. The molecule has 0 aromatic carbocycles. The van der Waals surface area contributed by atoms with Crippen LogP contribution in [-0.4, -0.2) is 29.1 Å². The van der Waals surface area contributed by atoms with Crippen molar-refractivity contribution in [1.29, 1.82) is 0 Å². The Bertz CT molecular complexity index is 154. The summed E-state index contributed by atoms with van der Waals surface area (Å²) < 4.78 is 0. The van der Waals surface area contributed by atoms with Gasteiger partial charge in [0.2, 0.25) is 0 Å². The minimum Gasteiger partial charge on any atom is -0.326 e. The summed E-state index contributed by atoms with van der Waals surface area (Å²) in [7, 11) is 0. The van der Waals surface area contributed by atoms with Crippen molar-refractivity contribution >= 4 is 0 Å². The normalized spacial score (nSPS) is 32.2. The second-order valence-electron chi connectivity index (χ2n) is 4.69. The molecular weight excluding hydrogens is 148 g/mol. The molecule has 2 unspecified atom stereocenters. The first kappa shape index (κ1) is 10.0. The summed E-state index contributed by atoms with van der Waals surface area (Å²) in [5, 5.41) is 0. The van der Waals surface area contributed by atoms with E-state index in [9.17, 15) is 0 Å². The average Bonchev–Trinajstić information content (AvgIpc) is 2.23. The van der Waals surface area contributed by atoms with E-state index in [1.54, 1.807) is 0 Å². The van der Waals surface area contributed by atoms with Gasteiger partial charge in [0.15, 0.2) is 0 Å². The van der Waals surface area contributed by atoms with Crippen LogP contribution in [0.2, 0.25) is 0 Å². The van der Waals surface area contributed by atoms with Gasteiger partial charge in [-0.3, -0.25) is 4.90 Å². The van der Waals surface area contributed by atoms with Gasteiger partial charge in [0.1, 0.15) is 0 Å². The van der Waals surface area contributed by atoms with Crippen molar-refractivity contribution in [2.75, 3.05) is 6.54 Å². The molecule has 1 fully saturated rings. The number of hydrogen-bond donors (Lipinski definition) is 1. The van der Waals surface area contributed by atoms with Gasteiger partial charge in [-0.25, -0.2) is 0 Å². The van der Waals surface area contributed by atoms with Crippen molar-refractivity contribution in [3.8, 4) is 0 Å². The number of nitrogens with two attached hydrogens (primary N) is 1. The van der Waals surface area contributed by atoms with E-state index in [1.165, 1.54) is 6.42 Å². The summed E-state index contributed by atoms with van der Waals surface area (Å²) >= 11 is 0. The molecule has 1 rings (SSSR count). The Morgan fingerprint density at radius 2 is 2.17 bits per heavy atom. The van der Waals surface area contributed by atoms with Gasteiger partial charge in [0.25, 0.3) is 0 Å². The largest absolute Gasteiger partial charge is 0.326 e. The highest BCUT2D eigenvalue weighted by Crippen LogP contribution is 2.30. The van der Waals surface area contributed by atoms with Crippen molar-refractivity contribution in [3.05, 3.63) is 0 Å². The number of hydrogen-bond acceptors (Lipinski definition) is 2. The fourth-order valence-electron chi connectivity index (χ4n) is 2.32. The van der Waals surface area contributed by atoms with Crippen LogP contribution in [0, 0.1) is 0 Å². The SMILES string of the molecule is CCC(C)N1CC(N)CC1(C)C. The van der Waals surface area contributed by atoms with E-state index in [0.29, 0.717) is 17.6 Å². The third-order valence-corrected chi connectivity index (χ3v) is 3.09. The van der Waals surface area contributed by atoms with Crippen LogP contribution >= 0.6 is 0 Å². The minimum atomic E-state index is 0.314. The summed E-state index contributed by atoms with van der Waals surface area (Å²) in [6.07, 6.45) is 2.35. The molecule has 0 amide bonds. The molecule has 12 heavy (non-hydrogen) atoms. The first-order valence-corrected chi connectivity index (χ1v) is 4.99. The third-order valence-electron chi connectivity index (χ3n) is 3.09. The molecule has 1 heterocycles. The van der Waals surface area contributed by atoms with Gasteiger partial charge in [0.05, 0.1) is 0 Å². The van der Waals surface area contributed by atoms with Crippen LogP contribution in [-0.2, 0) is 0 Å². The maximum Gasteiger partial charge on any atom is 0.0185 e. The third kappa shape index (κ3) is 1.80. The van der Waals surface area contributed by atoms with E-state index in [-0.39, 0.29) is 0 Å². The van der Waals surface area contributed by atoms with E-state index in [0.717, 1.165) is 13.0 Å². The second-order valence-corrected chi connectivity index (χ2v) is 4.69. The van der Waals surface area contributed by atoms with Crippen LogP contribution < -0.4 is 5.73 Å². The molecule has 0 aliphatic carbocycles. The van der Waals surface area contributed by atoms with Crippen molar-refractivity contribution in [2.24, 2.45) is 5.73 Å². The first-order valence-electron chi connectivity index (χ1n) is 4.99. The van der Waals surface area contributed by atoms with Crippen molar-refractivity contribution in [3.63, 3.8) is 0 Å². The molecule has 0 aromatic heterocycles. The van der Waals surface area contributed by atoms with Crippen LogP contribution in [0.4, 0.5) is 0 Å². The number of likely N-dealkylation sites (tertiary alicyclic amines) is 1. The Labute approximate surface area is 76.1 Å². The molecule has 1 aliphatic rings. The lowest BCUT2D eigenvalue weighted by Crippen LogP contribution is -2.43. The molecule has 2 N–H and O–H groups in total. The van der Waals surface area contributed by atoms with E-state index in [1.807, 2.05) is 0 Å². The molecule has 0 spiro atoms. The molecule has 1 aliphatic heterocycles. The lowest BCUT2D eigenvalue weighted by molar-refractivity contribution is 0.122. The van der Waals surface area contributed by atoms with E-state index < -0.39 is 0 Å². The second kappa shape index (κ2) is 3.35. The fourth-order valence-corrected chi connectivity index (χ4v) is 2.32. The Morgan fingerprint density at radius 1 is 1.58 bits per heavy atom. The first-order chi connectivity index (χ1) is 5.47. The summed E-state index contributed by atoms with van der Waals surface area (Å²) in [5.41, 5.74) is 6.27. The molecule has 2 heteroatoms. The quantitative estimate of drug-likeness (QED) is 0.682. The lowest BCUT2D eigenvalue weighted by atomic mass is 9.99. The number of nitrogens with zero attached hydrogens (tertiary/aromatic N) is 1. The monoisotopic (exact) mass is 170 g/mol. The molecule has 0 bridgehead atoms. The Morgan fingerprint density at radius 3 is 2.50 bits per heavy atom. The Hall–Kier alpha value is -0.0800. The highest BCUT2D eigenvalue weighted by atomic mass is 15.3. The maximum absolute atomic E-state index is 5.95. The van der Waals surface area contributed by atoms with Gasteiger partial charge in [-0.15, -0.1) is 0 Å². The van der Waals surface area contributed by atoms with E-state index in [4.69, 9.17) is 5.73 Å². The molecular formula is C10H22N2. The molecule has 2 atom stereocenters. The van der Waals surface area contributed by atoms with E-state index in [2.05, 4.69) is 32.6 Å². The summed E-state index contributed by atoms with van der Waals surface area (Å²) in [6.45, 7) is 10.2. The predicted molar refractivity (Wildman–Crippen MR) is 53.1 cm³/mol. The van der Waals surface area contributed by atoms with Gasteiger partial charge < -0.3 is 5.73 Å². The highest BCUT2D eigenvalue weighted by molar-refractivity contribution is 4.96. The Balaban J connectivity index is 2.64. The lowest BCUT2D eigenvalue weighted by Gasteiger charge is -2.36. The standard InChI is InChI=1S/C10H22N2/c1-5-8(2)12-7-9(11)6-10(12,3)4/h8-9H,5-7,11H2,1-4H3. The smallest absolute Gasteiger partial charge is 0.0185 e. The maximum atomic E-state index is 5.95. The minimum absolute atomic E-state index is 0.314. The number of rotatable bonds is 2. The zero-order valence-electron chi connectivity index (χ0n) is 8.80. The van der Waals surface area contributed by atoms with Crippen molar-refractivity contribution < 1.29 is 0 Å². The summed E-state index contributed by atoms with van der Waals surface area (Å²) in [5.74, 6) is 0.